The van der Waals surface area contributed by atoms with Crippen molar-refractivity contribution in [1.82, 2.24) is 9.88 Å². The maximum atomic E-state index is 12.4. The fourth-order valence-electron chi connectivity index (χ4n) is 2.03. The van der Waals surface area contributed by atoms with Crippen LogP contribution in [0.1, 0.15) is 23.8 Å². The molecule has 0 fully saturated rings. The molecule has 126 valence electrons. The molecule has 8 nitrogen and oxygen atoms in total. The first-order valence-electron chi connectivity index (χ1n) is 7.13. The van der Waals surface area contributed by atoms with Crippen LogP contribution >= 0.6 is 11.3 Å². The quantitative estimate of drug-likeness (QED) is 0.607. The van der Waals surface area contributed by atoms with Crippen molar-refractivity contribution >= 4 is 28.9 Å². The number of non-ortho nitro benzene ring substituents is 1. The molecule has 0 spiro atoms. The predicted molar refractivity (Wildman–Crippen MR) is 88.0 cm³/mol. The number of hydrogen-bond acceptors (Lipinski definition) is 6. The maximum absolute atomic E-state index is 12.4. The van der Waals surface area contributed by atoms with Gasteiger partial charge in [0.05, 0.1) is 11.3 Å². The molecule has 24 heavy (non-hydrogen) atoms. The molecule has 1 aromatic carbocycles. The molecule has 0 radical (unpaired) electrons. The van der Waals surface area contributed by atoms with Crippen molar-refractivity contribution in [3.63, 3.8) is 0 Å². The van der Waals surface area contributed by atoms with Gasteiger partial charge >= 0.3 is 5.97 Å². The van der Waals surface area contributed by atoms with Crippen LogP contribution in [0.2, 0.25) is 0 Å². The second-order valence-corrected chi connectivity index (χ2v) is 5.73. The Morgan fingerprint density at radius 1 is 1.33 bits per heavy atom. The standard InChI is InChI=1S/C15H15N3O5S/c1-2-17(8-7-13(19)20)15(21)12-9-24-14(16-12)10-3-5-11(6-4-10)18(22)23/h3-6,9H,2,7-8H2,1H3,(H,19,20). The molecule has 1 aromatic heterocycles. The number of hydrogen-bond donors (Lipinski definition) is 1. The molecular weight excluding hydrogens is 334 g/mol. The highest BCUT2D eigenvalue weighted by Crippen LogP contribution is 2.26. The Kier molecular flexibility index (Phi) is 5.59. The molecule has 2 aromatic rings. The highest BCUT2D eigenvalue weighted by Gasteiger charge is 2.19. The first-order chi connectivity index (χ1) is 11.4. The molecule has 0 saturated carbocycles. The van der Waals surface area contributed by atoms with Crippen LogP contribution in [-0.4, -0.2) is 44.9 Å². The second kappa shape index (κ2) is 7.64. The fraction of sp³-hybridized carbons (Fsp3) is 0.267. The molecule has 0 aliphatic carbocycles. The minimum Gasteiger partial charge on any atom is -0.481 e. The van der Waals surface area contributed by atoms with Crippen LogP contribution in [0.15, 0.2) is 29.6 Å². The van der Waals surface area contributed by atoms with E-state index in [0.717, 1.165) is 0 Å². The molecule has 0 atom stereocenters. The first kappa shape index (κ1) is 17.5. The number of nitro groups is 1. The van der Waals surface area contributed by atoms with Gasteiger partial charge in [0.25, 0.3) is 11.6 Å². The zero-order chi connectivity index (χ0) is 17.7. The SMILES string of the molecule is CCN(CCC(=O)O)C(=O)c1csc(-c2ccc([N+](=O)[O-])cc2)n1. The van der Waals surface area contributed by atoms with Gasteiger partial charge in [-0.25, -0.2) is 4.98 Å². The van der Waals surface area contributed by atoms with Gasteiger partial charge in [0, 0.05) is 36.2 Å². The monoisotopic (exact) mass is 349 g/mol. The molecule has 0 unspecified atom stereocenters. The predicted octanol–water partition coefficient (Wildman–Crippen LogP) is 2.66. The molecule has 1 amide bonds. The van der Waals surface area contributed by atoms with E-state index in [2.05, 4.69) is 4.98 Å². The number of aliphatic carboxylic acids is 1. The largest absolute Gasteiger partial charge is 0.481 e. The summed E-state index contributed by atoms with van der Waals surface area (Å²) in [5.41, 5.74) is 0.899. The van der Waals surface area contributed by atoms with Gasteiger partial charge in [0.1, 0.15) is 10.7 Å². The van der Waals surface area contributed by atoms with Gasteiger partial charge in [0.15, 0.2) is 0 Å². The summed E-state index contributed by atoms with van der Waals surface area (Å²) in [6, 6.07) is 5.91. The topological polar surface area (TPSA) is 114 Å². The summed E-state index contributed by atoms with van der Waals surface area (Å²) in [4.78, 5) is 38.9. The Hall–Kier alpha value is -2.81. The second-order valence-electron chi connectivity index (χ2n) is 4.87. The van der Waals surface area contributed by atoms with Crippen LogP contribution in [0, 0.1) is 10.1 Å². The van der Waals surface area contributed by atoms with Gasteiger partial charge < -0.3 is 10.0 Å². The Labute approximate surface area is 141 Å². The van der Waals surface area contributed by atoms with Crippen molar-refractivity contribution in [2.24, 2.45) is 0 Å². The van der Waals surface area contributed by atoms with Crippen LogP contribution in [0.4, 0.5) is 5.69 Å². The number of benzene rings is 1. The number of rotatable bonds is 7. The Bertz CT molecular complexity index is 757. The van der Waals surface area contributed by atoms with Crippen LogP contribution in [0.25, 0.3) is 10.6 Å². The average Bonchev–Trinajstić information content (AvgIpc) is 3.05. The van der Waals surface area contributed by atoms with E-state index < -0.39 is 10.9 Å². The number of carbonyl (C=O) groups is 2. The summed E-state index contributed by atoms with van der Waals surface area (Å²) in [7, 11) is 0. The Balaban J connectivity index is 2.15. The lowest BCUT2D eigenvalue weighted by Gasteiger charge is -2.18. The van der Waals surface area contributed by atoms with E-state index in [1.54, 1.807) is 24.4 Å². The van der Waals surface area contributed by atoms with E-state index in [1.165, 1.54) is 28.4 Å². The average molecular weight is 349 g/mol. The van der Waals surface area contributed by atoms with E-state index in [1.807, 2.05) is 0 Å². The number of aromatic nitrogens is 1. The maximum Gasteiger partial charge on any atom is 0.305 e. The summed E-state index contributed by atoms with van der Waals surface area (Å²) in [5.74, 6) is -1.30. The fourth-order valence-corrected chi connectivity index (χ4v) is 2.83. The molecule has 1 heterocycles. The van der Waals surface area contributed by atoms with E-state index in [-0.39, 0.29) is 30.3 Å². The number of carboxylic acid groups (broad SMARTS) is 1. The normalized spacial score (nSPS) is 10.4. The number of thiazole rings is 1. The van der Waals surface area contributed by atoms with E-state index in [0.29, 0.717) is 17.1 Å². The number of nitro benzene ring substituents is 1. The molecule has 0 bridgehead atoms. The molecule has 0 aliphatic rings. The van der Waals surface area contributed by atoms with Gasteiger partial charge in [-0.2, -0.15) is 0 Å². The van der Waals surface area contributed by atoms with Crippen molar-refractivity contribution in [2.75, 3.05) is 13.1 Å². The zero-order valence-electron chi connectivity index (χ0n) is 12.8. The van der Waals surface area contributed by atoms with Gasteiger partial charge in [-0.05, 0) is 19.1 Å². The van der Waals surface area contributed by atoms with E-state index >= 15 is 0 Å². The summed E-state index contributed by atoms with van der Waals surface area (Å²) in [5, 5.41) is 21.6. The van der Waals surface area contributed by atoms with Crippen LogP contribution in [0.3, 0.4) is 0 Å². The number of carboxylic acids is 1. The lowest BCUT2D eigenvalue weighted by molar-refractivity contribution is -0.384. The zero-order valence-corrected chi connectivity index (χ0v) is 13.7. The van der Waals surface area contributed by atoms with Gasteiger partial charge in [-0.15, -0.1) is 11.3 Å². The number of nitrogens with zero attached hydrogens (tertiary/aromatic N) is 3. The molecular formula is C15H15N3O5S. The molecule has 1 N–H and O–H groups in total. The third-order valence-corrected chi connectivity index (χ3v) is 4.20. The van der Waals surface area contributed by atoms with Crippen molar-refractivity contribution in [2.45, 2.75) is 13.3 Å². The number of carbonyl (C=O) groups excluding carboxylic acids is 1. The third-order valence-electron chi connectivity index (χ3n) is 3.31. The highest BCUT2D eigenvalue weighted by molar-refractivity contribution is 7.13. The summed E-state index contributed by atoms with van der Waals surface area (Å²) in [6.07, 6.45) is -0.126. The summed E-state index contributed by atoms with van der Waals surface area (Å²) in [6.45, 7) is 2.27. The lowest BCUT2D eigenvalue weighted by Crippen LogP contribution is -2.33. The third kappa shape index (κ3) is 4.13. The van der Waals surface area contributed by atoms with Gasteiger partial charge in [0.2, 0.25) is 0 Å². The van der Waals surface area contributed by atoms with E-state index in [4.69, 9.17) is 5.11 Å². The van der Waals surface area contributed by atoms with E-state index in [9.17, 15) is 19.7 Å². The summed E-state index contributed by atoms with van der Waals surface area (Å²) >= 11 is 1.25. The first-order valence-corrected chi connectivity index (χ1v) is 8.01. The van der Waals surface area contributed by atoms with Gasteiger partial charge in [-0.3, -0.25) is 19.7 Å². The van der Waals surface area contributed by atoms with Crippen molar-refractivity contribution < 1.29 is 19.6 Å². The Morgan fingerprint density at radius 2 is 2.00 bits per heavy atom. The van der Waals surface area contributed by atoms with Crippen molar-refractivity contribution in [3.8, 4) is 10.6 Å². The van der Waals surface area contributed by atoms with Crippen LogP contribution in [-0.2, 0) is 4.79 Å². The number of amides is 1. The van der Waals surface area contributed by atoms with Crippen molar-refractivity contribution in [1.29, 1.82) is 0 Å². The Morgan fingerprint density at radius 3 is 2.54 bits per heavy atom. The van der Waals surface area contributed by atoms with Crippen LogP contribution in [0.5, 0.6) is 0 Å². The smallest absolute Gasteiger partial charge is 0.305 e. The molecule has 0 saturated heterocycles. The molecule has 2 rings (SSSR count). The van der Waals surface area contributed by atoms with Crippen molar-refractivity contribution in [3.05, 3.63) is 45.5 Å². The minimum atomic E-state index is -0.967. The summed E-state index contributed by atoms with van der Waals surface area (Å²) < 4.78 is 0. The lowest BCUT2D eigenvalue weighted by atomic mass is 10.2. The molecule has 9 heteroatoms. The molecule has 0 aliphatic heterocycles. The highest BCUT2D eigenvalue weighted by atomic mass is 32.1. The van der Waals surface area contributed by atoms with Crippen LogP contribution < -0.4 is 0 Å². The minimum absolute atomic E-state index is 0.0163. The van der Waals surface area contributed by atoms with Gasteiger partial charge in [-0.1, -0.05) is 0 Å².